The van der Waals surface area contributed by atoms with Crippen LogP contribution in [-0.2, 0) is 6.42 Å². The summed E-state index contributed by atoms with van der Waals surface area (Å²) in [6.45, 7) is 0. The normalized spacial score (nSPS) is 16.1. The molecule has 4 heteroatoms. The molecule has 0 radical (unpaired) electrons. The molecule has 0 fully saturated rings. The van der Waals surface area contributed by atoms with Gasteiger partial charge in [-0.15, -0.1) is 5.10 Å². The zero-order chi connectivity index (χ0) is 14.2. The van der Waals surface area contributed by atoms with E-state index in [1.807, 2.05) is 48.5 Å². The van der Waals surface area contributed by atoms with E-state index in [-0.39, 0.29) is 11.7 Å². The number of nitrogens with zero attached hydrogens (tertiary/aromatic N) is 3. The van der Waals surface area contributed by atoms with Gasteiger partial charge in [0.15, 0.2) is 5.78 Å². The third-order valence-electron chi connectivity index (χ3n) is 3.97. The van der Waals surface area contributed by atoms with E-state index in [0.717, 1.165) is 17.7 Å². The van der Waals surface area contributed by atoms with Crippen LogP contribution in [0.3, 0.4) is 0 Å². The zero-order valence-electron chi connectivity index (χ0n) is 11.3. The van der Waals surface area contributed by atoms with Gasteiger partial charge in [0.05, 0.1) is 17.8 Å². The summed E-state index contributed by atoms with van der Waals surface area (Å²) >= 11 is 0. The molecule has 0 amide bonds. The molecule has 1 heterocycles. The van der Waals surface area contributed by atoms with Crippen molar-refractivity contribution < 1.29 is 4.79 Å². The summed E-state index contributed by atoms with van der Waals surface area (Å²) in [4.78, 5) is 12.7. The van der Waals surface area contributed by atoms with Gasteiger partial charge >= 0.3 is 0 Å². The summed E-state index contributed by atoms with van der Waals surface area (Å²) in [5.74, 6) is 0.0183. The Kier molecular flexibility index (Phi) is 2.67. The number of aromatic nitrogens is 3. The number of carbonyl (C=O) groups excluding carboxylic acids is 1. The molecule has 1 unspecified atom stereocenters. The number of para-hydroxylation sites is 1. The van der Waals surface area contributed by atoms with Crippen molar-refractivity contribution in [2.75, 3.05) is 0 Å². The Bertz CT molecular complexity index is 808. The molecule has 0 spiro atoms. The molecule has 4 rings (SSSR count). The molecule has 4 nitrogen and oxygen atoms in total. The highest BCUT2D eigenvalue weighted by Gasteiger charge is 2.34. The summed E-state index contributed by atoms with van der Waals surface area (Å²) in [6, 6.07) is 17.7. The molecule has 0 bridgehead atoms. The quantitative estimate of drug-likeness (QED) is 0.691. The van der Waals surface area contributed by atoms with Gasteiger partial charge < -0.3 is 0 Å². The lowest BCUT2D eigenvalue weighted by Crippen LogP contribution is -2.26. The van der Waals surface area contributed by atoms with Crippen LogP contribution in [0.15, 0.2) is 60.8 Å². The first-order chi connectivity index (χ1) is 10.3. The fraction of sp³-hybridized carbons (Fsp3) is 0.118. The first-order valence-corrected chi connectivity index (χ1v) is 6.93. The number of hydrogen-bond acceptors (Lipinski definition) is 3. The van der Waals surface area contributed by atoms with Crippen molar-refractivity contribution in [1.82, 2.24) is 15.0 Å². The Balaban J connectivity index is 1.70. The second-order valence-corrected chi connectivity index (χ2v) is 5.19. The Hall–Kier alpha value is -2.75. The van der Waals surface area contributed by atoms with Crippen LogP contribution < -0.4 is 0 Å². The van der Waals surface area contributed by atoms with E-state index in [4.69, 9.17) is 0 Å². The first kappa shape index (κ1) is 12.0. The molecule has 0 saturated carbocycles. The van der Waals surface area contributed by atoms with Crippen molar-refractivity contribution in [3.05, 3.63) is 77.6 Å². The summed E-state index contributed by atoms with van der Waals surface area (Å²) < 4.78 is 1.61. The average Bonchev–Trinajstić information content (AvgIpc) is 2.99. The molecule has 2 aromatic carbocycles. The highest BCUT2D eigenvalue weighted by atomic mass is 16.1. The van der Waals surface area contributed by atoms with Crippen LogP contribution in [0.2, 0.25) is 0 Å². The predicted molar refractivity (Wildman–Crippen MR) is 78.6 cm³/mol. The zero-order valence-corrected chi connectivity index (χ0v) is 11.3. The van der Waals surface area contributed by atoms with Crippen molar-refractivity contribution in [2.24, 2.45) is 0 Å². The van der Waals surface area contributed by atoms with Crippen LogP contribution in [0, 0.1) is 0 Å². The van der Waals surface area contributed by atoms with Crippen LogP contribution in [0.4, 0.5) is 0 Å². The van der Waals surface area contributed by atoms with E-state index in [2.05, 4.69) is 16.4 Å². The molecule has 3 aromatic rings. The number of carbonyl (C=O) groups is 1. The highest BCUT2D eigenvalue weighted by molar-refractivity contribution is 6.01. The summed E-state index contributed by atoms with van der Waals surface area (Å²) in [6.07, 6.45) is 2.35. The third kappa shape index (κ3) is 1.88. The Morgan fingerprint density at radius 2 is 1.81 bits per heavy atom. The van der Waals surface area contributed by atoms with Crippen molar-refractivity contribution in [3.63, 3.8) is 0 Å². The van der Waals surface area contributed by atoms with Gasteiger partial charge in [-0.25, -0.2) is 4.68 Å². The Labute approximate surface area is 122 Å². The van der Waals surface area contributed by atoms with Crippen LogP contribution in [0.25, 0.3) is 5.69 Å². The number of ketones is 1. The lowest BCUT2D eigenvalue weighted by Gasteiger charge is -2.28. The minimum Gasteiger partial charge on any atom is -0.292 e. The van der Waals surface area contributed by atoms with E-state index < -0.39 is 0 Å². The van der Waals surface area contributed by atoms with Gasteiger partial charge in [0.2, 0.25) is 0 Å². The minimum atomic E-state index is -0.0674. The molecule has 0 saturated heterocycles. The smallest absolute Gasteiger partial charge is 0.190 e. The second-order valence-electron chi connectivity index (χ2n) is 5.19. The molecular weight excluding hydrogens is 262 g/mol. The summed E-state index contributed by atoms with van der Waals surface area (Å²) in [5, 5.41) is 7.96. The van der Waals surface area contributed by atoms with Crippen molar-refractivity contribution in [1.29, 1.82) is 0 Å². The Morgan fingerprint density at radius 3 is 2.62 bits per heavy atom. The van der Waals surface area contributed by atoms with E-state index in [1.54, 1.807) is 10.9 Å². The number of hydrogen-bond donors (Lipinski definition) is 0. The van der Waals surface area contributed by atoms with Crippen molar-refractivity contribution in [2.45, 2.75) is 12.3 Å². The van der Waals surface area contributed by atoms with Crippen molar-refractivity contribution >= 4 is 5.78 Å². The van der Waals surface area contributed by atoms with Crippen LogP contribution in [0.1, 0.15) is 27.5 Å². The van der Waals surface area contributed by atoms with Gasteiger partial charge in [0.1, 0.15) is 5.69 Å². The average molecular weight is 275 g/mol. The summed E-state index contributed by atoms with van der Waals surface area (Å²) in [5.41, 5.74) is 3.78. The van der Waals surface area contributed by atoms with E-state index in [9.17, 15) is 4.79 Å². The van der Waals surface area contributed by atoms with Crippen LogP contribution >= 0.6 is 0 Å². The van der Waals surface area contributed by atoms with Gasteiger partial charge in [0.25, 0.3) is 0 Å². The number of Topliss-reactive ketones (excluding diaryl/α,β-unsaturated/α-hetero) is 1. The fourth-order valence-electron chi connectivity index (χ4n) is 2.83. The third-order valence-corrected chi connectivity index (χ3v) is 3.97. The maximum atomic E-state index is 12.7. The Morgan fingerprint density at radius 1 is 1.05 bits per heavy atom. The highest BCUT2D eigenvalue weighted by Crippen LogP contribution is 2.37. The maximum absolute atomic E-state index is 12.7. The monoisotopic (exact) mass is 275 g/mol. The number of rotatable bonds is 3. The van der Waals surface area contributed by atoms with Gasteiger partial charge in [0, 0.05) is 0 Å². The van der Waals surface area contributed by atoms with E-state index >= 15 is 0 Å². The van der Waals surface area contributed by atoms with E-state index in [0.29, 0.717) is 5.69 Å². The first-order valence-electron chi connectivity index (χ1n) is 6.93. The summed E-state index contributed by atoms with van der Waals surface area (Å²) in [7, 11) is 0. The van der Waals surface area contributed by atoms with Gasteiger partial charge in [-0.1, -0.05) is 47.7 Å². The molecule has 21 heavy (non-hydrogen) atoms. The molecule has 102 valence electrons. The van der Waals surface area contributed by atoms with Gasteiger partial charge in [-0.2, -0.15) is 0 Å². The lowest BCUT2D eigenvalue weighted by atomic mass is 9.74. The van der Waals surface area contributed by atoms with Gasteiger partial charge in [-0.05, 0) is 29.7 Å². The van der Waals surface area contributed by atoms with Crippen molar-refractivity contribution in [3.8, 4) is 5.69 Å². The molecule has 1 aliphatic rings. The maximum Gasteiger partial charge on any atom is 0.190 e. The van der Waals surface area contributed by atoms with E-state index in [1.165, 1.54) is 5.56 Å². The standard InChI is InChI=1S/C17H13N3O/c21-17(15-10-12-6-4-5-9-14(12)15)16-11-18-19-20(16)13-7-2-1-3-8-13/h1-9,11,15H,10H2. The largest absolute Gasteiger partial charge is 0.292 e. The molecule has 0 N–H and O–H groups in total. The lowest BCUT2D eigenvalue weighted by molar-refractivity contribution is 0.0941. The van der Waals surface area contributed by atoms with Crippen LogP contribution in [-0.4, -0.2) is 20.8 Å². The van der Waals surface area contributed by atoms with Gasteiger partial charge in [-0.3, -0.25) is 4.79 Å². The molecule has 0 aliphatic heterocycles. The minimum absolute atomic E-state index is 0.0674. The second kappa shape index (κ2) is 4.66. The molecule has 1 atom stereocenters. The topological polar surface area (TPSA) is 47.8 Å². The predicted octanol–water partition coefficient (Wildman–Crippen LogP) is 2.79. The number of benzene rings is 2. The SMILES string of the molecule is O=C(c1cnnn1-c1ccccc1)C1Cc2ccccc21. The molecular formula is C17H13N3O. The number of fused-ring (bicyclic) bond motifs is 1. The van der Waals surface area contributed by atoms with Crippen LogP contribution in [0.5, 0.6) is 0 Å². The molecule has 1 aliphatic carbocycles. The molecule has 1 aromatic heterocycles. The fourth-order valence-corrected chi connectivity index (χ4v) is 2.83.